The molecule has 1 heterocycles. The van der Waals surface area contributed by atoms with Crippen LogP contribution in [-0.2, 0) is 4.79 Å². The number of hydrogen-bond donors (Lipinski definition) is 2. The largest absolute Gasteiger partial charge is 0.383 e. The Balaban J connectivity index is 1.66. The molecule has 0 atom stereocenters. The Morgan fingerprint density at radius 3 is 2.89 bits per heavy atom. The van der Waals surface area contributed by atoms with Gasteiger partial charge < -0.3 is 10.6 Å². The lowest BCUT2D eigenvalue weighted by molar-refractivity contribution is -0.121. The first kappa shape index (κ1) is 13.3. The maximum atomic E-state index is 11.7. The van der Waals surface area contributed by atoms with Crippen LogP contribution in [0.2, 0.25) is 0 Å². The number of nitrogens with one attached hydrogen (secondary N) is 2. The number of carbonyl (C=O) groups is 1. The number of carbonyl (C=O) groups excluding carboxylic acids is 1. The van der Waals surface area contributed by atoms with Crippen molar-refractivity contribution in [3.63, 3.8) is 0 Å². The number of nitrogens with zero attached hydrogens (tertiary/aromatic N) is 1. The van der Waals surface area contributed by atoms with Gasteiger partial charge in [-0.3, -0.25) is 9.78 Å². The fourth-order valence-electron chi connectivity index (χ4n) is 2.20. The van der Waals surface area contributed by atoms with E-state index < -0.39 is 0 Å². The standard InChI is InChI=1S/C13H18BrN3O/c14-10-7-12(9-15-8-10)16-6-5-13(18)17-11-3-1-2-4-11/h7-9,11,16H,1-6H2,(H,17,18). The zero-order chi connectivity index (χ0) is 12.8. The van der Waals surface area contributed by atoms with E-state index in [2.05, 4.69) is 31.5 Å². The van der Waals surface area contributed by atoms with Gasteiger partial charge in [-0.1, -0.05) is 12.8 Å². The summed E-state index contributed by atoms with van der Waals surface area (Å²) < 4.78 is 0.933. The molecule has 4 nitrogen and oxygen atoms in total. The summed E-state index contributed by atoms with van der Waals surface area (Å²) in [5.41, 5.74) is 0.929. The number of amides is 1. The van der Waals surface area contributed by atoms with E-state index in [4.69, 9.17) is 0 Å². The van der Waals surface area contributed by atoms with Crippen LogP contribution in [0.4, 0.5) is 5.69 Å². The van der Waals surface area contributed by atoms with Crippen molar-refractivity contribution in [2.75, 3.05) is 11.9 Å². The molecule has 5 heteroatoms. The fourth-order valence-corrected chi connectivity index (χ4v) is 2.56. The Morgan fingerprint density at radius 1 is 1.39 bits per heavy atom. The number of aromatic nitrogens is 1. The van der Waals surface area contributed by atoms with Gasteiger partial charge in [0.1, 0.15) is 0 Å². The van der Waals surface area contributed by atoms with E-state index in [9.17, 15) is 4.79 Å². The number of pyridine rings is 1. The summed E-state index contributed by atoms with van der Waals surface area (Å²) >= 11 is 3.36. The van der Waals surface area contributed by atoms with Crippen molar-refractivity contribution in [3.8, 4) is 0 Å². The molecule has 1 fully saturated rings. The van der Waals surface area contributed by atoms with Gasteiger partial charge in [-0.25, -0.2) is 0 Å². The molecule has 0 spiro atoms. The van der Waals surface area contributed by atoms with Crippen LogP contribution in [0.1, 0.15) is 32.1 Å². The van der Waals surface area contributed by atoms with Gasteiger partial charge in [0.25, 0.3) is 0 Å². The van der Waals surface area contributed by atoms with Gasteiger partial charge in [0.05, 0.1) is 11.9 Å². The molecular formula is C13H18BrN3O. The van der Waals surface area contributed by atoms with Crippen LogP contribution in [0.25, 0.3) is 0 Å². The van der Waals surface area contributed by atoms with Crippen molar-refractivity contribution in [1.82, 2.24) is 10.3 Å². The SMILES string of the molecule is O=C(CCNc1cncc(Br)c1)NC1CCCC1. The molecule has 0 aliphatic heterocycles. The molecule has 1 aromatic heterocycles. The highest BCUT2D eigenvalue weighted by Crippen LogP contribution is 2.17. The van der Waals surface area contributed by atoms with Gasteiger partial charge in [-0.15, -0.1) is 0 Å². The minimum atomic E-state index is 0.136. The molecule has 2 N–H and O–H groups in total. The summed E-state index contributed by atoms with van der Waals surface area (Å²) in [6.07, 6.45) is 8.74. The highest BCUT2D eigenvalue weighted by molar-refractivity contribution is 9.10. The van der Waals surface area contributed by atoms with E-state index in [1.54, 1.807) is 12.4 Å². The average Bonchev–Trinajstić information content (AvgIpc) is 2.82. The molecule has 1 aliphatic carbocycles. The number of anilines is 1. The molecule has 0 saturated heterocycles. The van der Waals surface area contributed by atoms with Crippen molar-refractivity contribution in [2.45, 2.75) is 38.1 Å². The Morgan fingerprint density at radius 2 is 2.17 bits per heavy atom. The maximum absolute atomic E-state index is 11.7. The first-order valence-corrected chi connectivity index (χ1v) is 7.17. The maximum Gasteiger partial charge on any atom is 0.221 e. The molecule has 1 aromatic rings. The summed E-state index contributed by atoms with van der Waals surface area (Å²) in [7, 11) is 0. The van der Waals surface area contributed by atoms with Crippen LogP contribution in [0.3, 0.4) is 0 Å². The molecule has 1 aliphatic rings. The van der Waals surface area contributed by atoms with Crippen LogP contribution in [-0.4, -0.2) is 23.5 Å². The highest BCUT2D eigenvalue weighted by atomic mass is 79.9. The van der Waals surface area contributed by atoms with Crippen molar-refractivity contribution in [2.24, 2.45) is 0 Å². The molecule has 2 rings (SSSR count). The lowest BCUT2D eigenvalue weighted by Gasteiger charge is -2.12. The Bertz CT molecular complexity index is 405. The second-order valence-corrected chi connectivity index (χ2v) is 5.53. The van der Waals surface area contributed by atoms with Crippen molar-refractivity contribution >= 4 is 27.5 Å². The quantitative estimate of drug-likeness (QED) is 0.879. The summed E-state index contributed by atoms with van der Waals surface area (Å²) in [5.74, 6) is 0.136. The monoisotopic (exact) mass is 311 g/mol. The van der Waals surface area contributed by atoms with Gasteiger partial charge in [0.15, 0.2) is 0 Å². The minimum Gasteiger partial charge on any atom is -0.383 e. The molecule has 0 unspecified atom stereocenters. The molecule has 98 valence electrons. The van der Waals surface area contributed by atoms with Crippen molar-refractivity contribution < 1.29 is 4.79 Å². The normalized spacial score (nSPS) is 15.6. The third kappa shape index (κ3) is 4.29. The Hall–Kier alpha value is -1.10. The molecule has 0 aromatic carbocycles. The Labute approximate surface area is 116 Å². The smallest absolute Gasteiger partial charge is 0.221 e. The summed E-state index contributed by atoms with van der Waals surface area (Å²) in [6.45, 7) is 0.636. The predicted octanol–water partition coefficient (Wildman–Crippen LogP) is 2.70. The highest BCUT2D eigenvalue weighted by Gasteiger charge is 2.16. The van der Waals surface area contributed by atoms with Crippen LogP contribution in [0.15, 0.2) is 22.9 Å². The first-order valence-electron chi connectivity index (χ1n) is 6.38. The Kier molecular flexibility index (Phi) is 4.99. The van der Waals surface area contributed by atoms with Crippen molar-refractivity contribution in [1.29, 1.82) is 0 Å². The molecule has 1 saturated carbocycles. The van der Waals surface area contributed by atoms with E-state index in [0.29, 0.717) is 19.0 Å². The zero-order valence-electron chi connectivity index (χ0n) is 10.3. The number of hydrogen-bond acceptors (Lipinski definition) is 3. The van der Waals surface area contributed by atoms with Gasteiger partial charge in [-0.2, -0.15) is 0 Å². The lowest BCUT2D eigenvalue weighted by atomic mass is 10.2. The van der Waals surface area contributed by atoms with E-state index in [1.807, 2.05) is 6.07 Å². The molecular weight excluding hydrogens is 294 g/mol. The first-order chi connectivity index (χ1) is 8.74. The topological polar surface area (TPSA) is 54.0 Å². The summed E-state index contributed by atoms with van der Waals surface area (Å²) in [5, 5.41) is 6.26. The van der Waals surface area contributed by atoms with Crippen LogP contribution >= 0.6 is 15.9 Å². The third-order valence-corrected chi connectivity index (χ3v) is 3.54. The van der Waals surface area contributed by atoms with Gasteiger partial charge in [-0.05, 0) is 34.8 Å². The van der Waals surface area contributed by atoms with Gasteiger partial charge >= 0.3 is 0 Å². The second kappa shape index (κ2) is 6.73. The zero-order valence-corrected chi connectivity index (χ0v) is 11.9. The average molecular weight is 312 g/mol. The van der Waals surface area contributed by atoms with Crippen LogP contribution in [0.5, 0.6) is 0 Å². The molecule has 18 heavy (non-hydrogen) atoms. The van der Waals surface area contributed by atoms with E-state index in [0.717, 1.165) is 23.0 Å². The van der Waals surface area contributed by atoms with E-state index in [-0.39, 0.29) is 5.91 Å². The van der Waals surface area contributed by atoms with Crippen molar-refractivity contribution in [3.05, 3.63) is 22.9 Å². The molecule has 0 radical (unpaired) electrons. The van der Waals surface area contributed by atoms with Crippen LogP contribution in [0, 0.1) is 0 Å². The predicted molar refractivity (Wildman–Crippen MR) is 75.4 cm³/mol. The minimum absolute atomic E-state index is 0.136. The van der Waals surface area contributed by atoms with Gasteiger partial charge in [0, 0.05) is 29.7 Å². The summed E-state index contributed by atoms with van der Waals surface area (Å²) in [4.78, 5) is 15.7. The molecule has 1 amide bonds. The number of halogens is 1. The second-order valence-electron chi connectivity index (χ2n) is 4.62. The van der Waals surface area contributed by atoms with Crippen LogP contribution < -0.4 is 10.6 Å². The fraction of sp³-hybridized carbons (Fsp3) is 0.538. The third-order valence-electron chi connectivity index (χ3n) is 3.11. The lowest BCUT2D eigenvalue weighted by Crippen LogP contribution is -2.33. The van der Waals surface area contributed by atoms with Gasteiger partial charge in [0.2, 0.25) is 5.91 Å². The molecule has 0 bridgehead atoms. The summed E-state index contributed by atoms with van der Waals surface area (Å²) in [6, 6.07) is 2.35. The van der Waals surface area contributed by atoms with E-state index in [1.165, 1.54) is 12.8 Å². The number of rotatable bonds is 5. The van der Waals surface area contributed by atoms with E-state index >= 15 is 0 Å².